The average Bonchev–Trinajstić information content (AvgIpc) is 3.06. The molecule has 0 N–H and O–H groups in total. The molecule has 0 radical (unpaired) electrons. The second kappa shape index (κ2) is 13.1. The van der Waals surface area contributed by atoms with Crippen molar-refractivity contribution in [2.24, 2.45) is 16.7 Å². The third-order valence-corrected chi connectivity index (χ3v) is 12.9. The third-order valence-electron chi connectivity index (χ3n) is 12.9. The van der Waals surface area contributed by atoms with E-state index in [4.69, 9.17) is 9.47 Å². The van der Waals surface area contributed by atoms with Gasteiger partial charge in [0.05, 0.1) is 0 Å². The highest BCUT2D eigenvalue weighted by Gasteiger charge is 2.45. The molecule has 0 saturated heterocycles. The van der Waals surface area contributed by atoms with Crippen molar-refractivity contribution in [3.8, 4) is 11.5 Å². The van der Waals surface area contributed by atoms with Gasteiger partial charge in [-0.1, -0.05) is 107 Å². The number of benzene rings is 4. The molecule has 0 bridgehead atoms. The second-order valence-electron chi connectivity index (χ2n) is 17.0. The first-order valence-corrected chi connectivity index (χ1v) is 18.4. The Bertz CT molecular complexity index is 1820. The van der Waals surface area contributed by atoms with Crippen molar-refractivity contribution in [3.63, 3.8) is 0 Å². The minimum absolute atomic E-state index is 0.0559. The Balaban J connectivity index is 1.22. The van der Waals surface area contributed by atoms with Crippen molar-refractivity contribution < 1.29 is 14.3 Å². The van der Waals surface area contributed by atoms with Crippen LogP contribution in [0.5, 0.6) is 11.5 Å². The number of aryl methyl sites for hydroxylation is 4. The van der Waals surface area contributed by atoms with E-state index in [1.165, 1.54) is 46.2 Å². The molecule has 49 heavy (non-hydrogen) atoms. The Morgan fingerprint density at radius 3 is 1.55 bits per heavy atom. The van der Waals surface area contributed by atoms with Gasteiger partial charge in [-0.2, -0.15) is 0 Å². The molecule has 2 aliphatic rings. The van der Waals surface area contributed by atoms with Crippen LogP contribution in [-0.4, -0.2) is 6.16 Å². The van der Waals surface area contributed by atoms with Gasteiger partial charge in [-0.05, 0) is 146 Å². The van der Waals surface area contributed by atoms with Crippen LogP contribution in [0.25, 0.3) is 0 Å². The molecule has 258 valence electrons. The highest BCUT2D eigenvalue weighted by Crippen LogP contribution is 2.54. The molecule has 0 aliphatic heterocycles. The minimum atomic E-state index is -0.708. The Labute approximate surface area is 295 Å². The maximum atomic E-state index is 13.2. The smallest absolute Gasteiger partial charge is 0.394 e. The highest BCUT2D eigenvalue weighted by atomic mass is 16.7. The first-order valence-electron chi connectivity index (χ1n) is 18.4. The van der Waals surface area contributed by atoms with Crippen LogP contribution < -0.4 is 9.47 Å². The molecule has 2 saturated carbocycles. The number of carbonyl (C=O) groups excluding carboxylic acids is 1. The van der Waals surface area contributed by atoms with Gasteiger partial charge in [-0.3, -0.25) is 0 Å². The van der Waals surface area contributed by atoms with Crippen LogP contribution in [-0.2, 0) is 10.8 Å². The van der Waals surface area contributed by atoms with Gasteiger partial charge in [0, 0.05) is 10.8 Å². The Hall–Kier alpha value is -3.85. The molecule has 2 aliphatic carbocycles. The summed E-state index contributed by atoms with van der Waals surface area (Å²) >= 11 is 0. The number of ether oxygens (including phenoxy) is 2. The van der Waals surface area contributed by atoms with Gasteiger partial charge in [0.25, 0.3) is 0 Å². The predicted octanol–water partition coefficient (Wildman–Crippen LogP) is 12.5. The molecule has 0 spiro atoms. The number of hydrogen-bond donors (Lipinski definition) is 0. The van der Waals surface area contributed by atoms with Crippen molar-refractivity contribution in [2.75, 3.05) is 0 Å². The Morgan fingerprint density at radius 1 is 0.551 bits per heavy atom. The Kier molecular flexibility index (Phi) is 9.37. The third kappa shape index (κ3) is 6.83. The summed E-state index contributed by atoms with van der Waals surface area (Å²) in [6.45, 7) is 20.4. The summed E-state index contributed by atoms with van der Waals surface area (Å²) in [5, 5.41) is 0. The zero-order valence-electron chi connectivity index (χ0n) is 31.3. The summed E-state index contributed by atoms with van der Waals surface area (Å²) in [5.41, 5.74) is 10.4. The second-order valence-corrected chi connectivity index (χ2v) is 17.0. The fraction of sp³-hybridized carbons (Fsp3) is 0.457. The quantitative estimate of drug-likeness (QED) is 0.153. The fourth-order valence-corrected chi connectivity index (χ4v) is 8.59. The largest absolute Gasteiger partial charge is 0.519 e. The van der Waals surface area contributed by atoms with E-state index in [1.807, 2.05) is 26.0 Å². The van der Waals surface area contributed by atoms with Crippen LogP contribution in [0, 0.1) is 44.4 Å². The zero-order valence-corrected chi connectivity index (χ0v) is 31.3. The summed E-state index contributed by atoms with van der Waals surface area (Å²) in [5.74, 6) is 1.65. The van der Waals surface area contributed by atoms with E-state index >= 15 is 0 Å². The molecule has 2 unspecified atom stereocenters. The maximum Gasteiger partial charge on any atom is 0.519 e. The van der Waals surface area contributed by atoms with Crippen LogP contribution in [0.2, 0.25) is 0 Å². The SMILES string of the molecule is Cc1ccc(C2(c3ccc(OC(=O)Oc4ccc(C5(c6ccccc6)CCC(C)(C)C(C)C5)cc4C)c(C)c3)CCC(C)(C)CC2)cc1C. The fourth-order valence-electron chi connectivity index (χ4n) is 8.59. The van der Waals surface area contributed by atoms with Crippen LogP contribution in [0.3, 0.4) is 0 Å². The van der Waals surface area contributed by atoms with E-state index in [2.05, 4.69) is 121 Å². The summed E-state index contributed by atoms with van der Waals surface area (Å²) in [6.07, 6.45) is 7.17. The van der Waals surface area contributed by atoms with E-state index in [9.17, 15) is 4.79 Å². The van der Waals surface area contributed by atoms with Gasteiger partial charge in [0.1, 0.15) is 11.5 Å². The molecule has 0 heterocycles. The van der Waals surface area contributed by atoms with Gasteiger partial charge in [-0.15, -0.1) is 0 Å². The van der Waals surface area contributed by atoms with Gasteiger partial charge < -0.3 is 9.47 Å². The molecular weight excluding hydrogens is 601 g/mol. The molecule has 3 heteroatoms. The van der Waals surface area contributed by atoms with Crippen molar-refractivity contribution in [2.45, 2.75) is 118 Å². The topological polar surface area (TPSA) is 35.5 Å². The van der Waals surface area contributed by atoms with Crippen LogP contribution in [0.15, 0.2) is 84.9 Å². The normalized spacial score (nSPS) is 22.7. The monoisotopic (exact) mass is 656 g/mol. The zero-order chi connectivity index (χ0) is 35.2. The number of hydrogen-bond acceptors (Lipinski definition) is 3. The summed E-state index contributed by atoms with van der Waals surface area (Å²) < 4.78 is 11.7. The van der Waals surface area contributed by atoms with Crippen molar-refractivity contribution in [1.82, 2.24) is 0 Å². The lowest BCUT2D eigenvalue weighted by molar-refractivity contribution is 0.107. The number of carbonyl (C=O) groups is 1. The predicted molar refractivity (Wildman–Crippen MR) is 202 cm³/mol. The summed E-state index contributed by atoms with van der Waals surface area (Å²) in [6, 6.07) is 30.6. The van der Waals surface area contributed by atoms with Crippen LogP contribution in [0.1, 0.15) is 124 Å². The molecule has 2 fully saturated rings. The van der Waals surface area contributed by atoms with E-state index in [0.29, 0.717) is 28.2 Å². The molecular formula is C46H56O3. The summed E-state index contributed by atoms with van der Waals surface area (Å²) in [4.78, 5) is 13.2. The standard InChI is InChI=1S/C46H56O3/c1-31-15-16-37(27-32(31)2)45(24-21-43(6,7)22-25-45)38-17-19-40(33(3)28-38)48-42(47)49-41-20-18-39(29-34(41)4)46(36-13-11-10-12-14-36)26-23-44(8,9)35(5)30-46/h10-20,27-29,35H,21-26,30H2,1-9H3. The van der Waals surface area contributed by atoms with E-state index < -0.39 is 6.16 Å². The molecule has 0 amide bonds. The lowest BCUT2D eigenvalue weighted by Gasteiger charge is -2.48. The molecule has 0 aromatic heterocycles. The number of rotatable bonds is 6. The van der Waals surface area contributed by atoms with Gasteiger partial charge >= 0.3 is 6.16 Å². The first kappa shape index (κ1) is 35.0. The van der Waals surface area contributed by atoms with E-state index in [-0.39, 0.29) is 10.8 Å². The van der Waals surface area contributed by atoms with E-state index in [1.54, 1.807) is 0 Å². The van der Waals surface area contributed by atoms with Crippen molar-refractivity contribution >= 4 is 6.16 Å². The lowest BCUT2D eigenvalue weighted by Crippen LogP contribution is -2.41. The molecule has 3 nitrogen and oxygen atoms in total. The van der Waals surface area contributed by atoms with Crippen molar-refractivity contribution in [3.05, 3.63) is 129 Å². The van der Waals surface area contributed by atoms with Gasteiger partial charge in [0.2, 0.25) is 0 Å². The van der Waals surface area contributed by atoms with E-state index in [0.717, 1.165) is 43.2 Å². The average molecular weight is 657 g/mol. The molecule has 2 atom stereocenters. The van der Waals surface area contributed by atoms with Gasteiger partial charge in [0.15, 0.2) is 0 Å². The Morgan fingerprint density at radius 2 is 1.04 bits per heavy atom. The maximum absolute atomic E-state index is 13.2. The van der Waals surface area contributed by atoms with Gasteiger partial charge in [-0.25, -0.2) is 4.79 Å². The van der Waals surface area contributed by atoms with Crippen molar-refractivity contribution in [1.29, 1.82) is 0 Å². The lowest BCUT2D eigenvalue weighted by atomic mass is 9.55. The van der Waals surface area contributed by atoms with Crippen LogP contribution in [0.4, 0.5) is 4.79 Å². The minimum Gasteiger partial charge on any atom is -0.394 e. The first-order chi connectivity index (χ1) is 23.1. The molecule has 4 aromatic rings. The summed E-state index contributed by atoms with van der Waals surface area (Å²) in [7, 11) is 0. The highest BCUT2D eigenvalue weighted by molar-refractivity contribution is 5.68. The van der Waals surface area contributed by atoms with Crippen LogP contribution >= 0.6 is 0 Å². The molecule has 4 aromatic carbocycles. The molecule has 6 rings (SSSR count).